The molecule has 4 nitrogen and oxygen atoms in total. The minimum Gasteiger partial charge on any atom is -0.367 e. The quantitative estimate of drug-likeness (QED) is 0.831. The third-order valence-corrected chi connectivity index (χ3v) is 4.72. The van der Waals surface area contributed by atoms with Gasteiger partial charge in [-0.25, -0.2) is 0 Å². The first-order chi connectivity index (χ1) is 11.6. The van der Waals surface area contributed by atoms with Gasteiger partial charge in [-0.2, -0.15) is 0 Å². The van der Waals surface area contributed by atoms with Gasteiger partial charge in [0.25, 0.3) is 0 Å². The Balaban J connectivity index is 0.00000169. The van der Waals surface area contributed by atoms with Crippen molar-refractivity contribution in [3.63, 3.8) is 0 Å². The van der Waals surface area contributed by atoms with Gasteiger partial charge < -0.3 is 15.5 Å². The molecule has 7 heteroatoms. The molecule has 0 spiro atoms. The number of para-hydroxylation sites is 1. The van der Waals surface area contributed by atoms with Crippen LogP contribution in [0.4, 0.5) is 5.69 Å². The summed E-state index contributed by atoms with van der Waals surface area (Å²) in [7, 11) is 0. The van der Waals surface area contributed by atoms with Gasteiger partial charge in [-0.1, -0.05) is 54.1 Å². The molecule has 0 saturated carbocycles. The summed E-state index contributed by atoms with van der Waals surface area (Å²) in [4.78, 5) is 16.6. The van der Waals surface area contributed by atoms with Gasteiger partial charge >= 0.3 is 0 Å². The summed E-state index contributed by atoms with van der Waals surface area (Å²) in [6, 6.07) is 17.2. The maximum atomic E-state index is 12.6. The van der Waals surface area contributed by atoms with E-state index in [1.54, 1.807) is 0 Å². The lowest BCUT2D eigenvalue weighted by Crippen LogP contribution is -2.53. The standard InChI is InChI=1S/C19H22ClN3O.2ClH/c20-16-8-4-5-9-18(16)22-10-12-23(13-11-22)19(24)17(21)14-15-6-2-1-3-7-15;;/h1-9,17H,10-14,21H2;2*1H/t17-;;/m0../s1. The Labute approximate surface area is 172 Å². The molecule has 0 bridgehead atoms. The zero-order valence-corrected chi connectivity index (χ0v) is 16.8. The number of hydrogen-bond donors (Lipinski definition) is 1. The van der Waals surface area contributed by atoms with E-state index < -0.39 is 6.04 Å². The minimum absolute atomic E-state index is 0. The number of amides is 1. The molecule has 1 aliphatic heterocycles. The SMILES string of the molecule is Cl.Cl.N[C@@H](Cc1ccccc1)C(=O)N1CCN(c2ccccc2Cl)CC1. The van der Waals surface area contributed by atoms with Crippen molar-refractivity contribution in [2.24, 2.45) is 5.73 Å². The summed E-state index contributed by atoms with van der Waals surface area (Å²) in [5, 5.41) is 0.748. The van der Waals surface area contributed by atoms with Crippen LogP contribution in [0.2, 0.25) is 5.02 Å². The van der Waals surface area contributed by atoms with Crippen LogP contribution in [0.5, 0.6) is 0 Å². The summed E-state index contributed by atoms with van der Waals surface area (Å²) in [6.07, 6.45) is 0.574. The number of piperazine rings is 1. The average molecular weight is 417 g/mol. The minimum atomic E-state index is -0.487. The Morgan fingerprint density at radius 1 is 0.962 bits per heavy atom. The smallest absolute Gasteiger partial charge is 0.239 e. The maximum absolute atomic E-state index is 12.6. The summed E-state index contributed by atoms with van der Waals surface area (Å²) in [5.41, 5.74) is 8.24. The Morgan fingerprint density at radius 2 is 1.54 bits per heavy atom. The van der Waals surface area contributed by atoms with E-state index in [0.717, 1.165) is 29.4 Å². The molecular formula is C19H24Cl3N3O. The molecule has 1 aliphatic rings. The summed E-state index contributed by atoms with van der Waals surface area (Å²) >= 11 is 6.26. The second-order valence-corrected chi connectivity index (χ2v) is 6.47. The third-order valence-electron chi connectivity index (χ3n) is 4.40. The number of nitrogens with zero attached hydrogens (tertiary/aromatic N) is 2. The lowest BCUT2D eigenvalue weighted by atomic mass is 10.1. The highest BCUT2D eigenvalue weighted by Gasteiger charge is 2.26. The van der Waals surface area contributed by atoms with Crippen molar-refractivity contribution in [2.75, 3.05) is 31.1 Å². The molecule has 0 aromatic heterocycles. The van der Waals surface area contributed by atoms with Crippen LogP contribution in [0.25, 0.3) is 0 Å². The fraction of sp³-hybridized carbons (Fsp3) is 0.316. The van der Waals surface area contributed by atoms with E-state index in [4.69, 9.17) is 17.3 Å². The lowest BCUT2D eigenvalue weighted by Gasteiger charge is -2.37. The molecular weight excluding hydrogens is 393 g/mol. The number of benzene rings is 2. The Bertz CT molecular complexity index is 691. The molecule has 2 aromatic carbocycles. The second kappa shape index (κ2) is 10.6. The van der Waals surface area contributed by atoms with Crippen LogP contribution in [0.1, 0.15) is 5.56 Å². The number of carbonyl (C=O) groups excluding carboxylic acids is 1. The van der Waals surface area contributed by atoms with Crippen LogP contribution >= 0.6 is 36.4 Å². The van der Waals surface area contributed by atoms with Crippen molar-refractivity contribution < 1.29 is 4.79 Å². The van der Waals surface area contributed by atoms with Crippen LogP contribution in [-0.2, 0) is 11.2 Å². The number of anilines is 1. The van der Waals surface area contributed by atoms with E-state index >= 15 is 0 Å². The Hall–Kier alpha value is -1.46. The predicted octanol–water partition coefficient (Wildman–Crippen LogP) is 3.40. The average Bonchev–Trinajstić information content (AvgIpc) is 2.62. The van der Waals surface area contributed by atoms with E-state index in [-0.39, 0.29) is 30.7 Å². The van der Waals surface area contributed by atoms with E-state index in [1.165, 1.54) is 0 Å². The van der Waals surface area contributed by atoms with Crippen molar-refractivity contribution in [3.05, 3.63) is 65.2 Å². The van der Waals surface area contributed by atoms with Crippen LogP contribution in [-0.4, -0.2) is 43.0 Å². The first kappa shape index (κ1) is 22.6. The van der Waals surface area contributed by atoms with Gasteiger partial charge in [0.05, 0.1) is 16.8 Å². The highest BCUT2D eigenvalue weighted by molar-refractivity contribution is 6.33. The fourth-order valence-electron chi connectivity index (χ4n) is 3.07. The van der Waals surface area contributed by atoms with Gasteiger partial charge in [-0.05, 0) is 24.1 Å². The van der Waals surface area contributed by atoms with Crippen molar-refractivity contribution >= 4 is 48.0 Å². The Kier molecular flexibility index (Phi) is 9.23. The molecule has 1 heterocycles. The zero-order valence-electron chi connectivity index (χ0n) is 14.4. The van der Waals surface area contributed by atoms with Crippen molar-refractivity contribution in [3.8, 4) is 0 Å². The molecule has 26 heavy (non-hydrogen) atoms. The van der Waals surface area contributed by atoms with Gasteiger partial charge in [0.15, 0.2) is 0 Å². The second-order valence-electron chi connectivity index (χ2n) is 6.06. The van der Waals surface area contributed by atoms with Crippen molar-refractivity contribution in [1.29, 1.82) is 0 Å². The third kappa shape index (κ3) is 5.52. The first-order valence-electron chi connectivity index (χ1n) is 8.23. The number of nitrogens with two attached hydrogens (primary N) is 1. The van der Waals surface area contributed by atoms with Gasteiger partial charge in [0, 0.05) is 26.2 Å². The molecule has 0 radical (unpaired) electrons. The van der Waals surface area contributed by atoms with Gasteiger partial charge in [0.1, 0.15) is 0 Å². The normalized spacial score (nSPS) is 14.8. The molecule has 2 aromatic rings. The van der Waals surface area contributed by atoms with Crippen molar-refractivity contribution in [2.45, 2.75) is 12.5 Å². The summed E-state index contributed by atoms with van der Waals surface area (Å²) in [5.74, 6) is 0.0256. The van der Waals surface area contributed by atoms with Crippen LogP contribution in [0, 0.1) is 0 Å². The lowest BCUT2D eigenvalue weighted by molar-refractivity contribution is -0.132. The van der Waals surface area contributed by atoms with Crippen molar-refractivity contribution in [1.82, 2.24) is 4.90 Å². The van der Waals surface area contributed by atoms with E-state index in [2.05, 4.69) is 4.90 Å². The van der Waals surface area contributed by atoms with E-state index in [1.807, 2.05) is 59.5 Å². The largest absolute Gasteiger partial charge is 0.367 e. The number of halogens is 3. The van der Waals surface area contributed by atoms with E-state index in [0.29, 0.717) is 19.5 Å². The molecule has 1 amide bonds. The van der Waals surface area contributed by atoms with Crippen LogP contribution < -0.4 is 10.6 Å². The molecule has 0 unspecified atom stereocenters. The highest BCUT2D eigenvalue weighted by Crippen LogP contribution is 2.26. The summed E-state index contributed by atoms with van der Waals surface area (Å²) < 4.78 is 0. The topological polar surface area (TPSA) is 49.6 Å². The van der Waals surface area contributed by atoms with Crippen LogP contribution in [0.3, 0.4) is 0 Å². The monoisotopic (exact) mass is 415 g/mol. The maximum Gasteiger partial charge on any atom is 0.239 e. The number of hydrogen-bond acceptors (Lipinski definition) is 3. The molecule has 1 saturated heterocycles. The Morgan fingerprint density at radius 3 is 2.15 bits per heavy atom. The number of rotatable bonds is 4. The highest BCUT2D eigenvalue weighted by atomic mass is 35.5. The fourth-order valence-corrected chi connectivity index (χ4v) is 3.32. The summed E-state index contributed by atoms with van der Waals surface area (Å²) in [6.45, 7) is 2.89. The predicted molar refractivity (Wildman–Crippen MR) is 113 cm³/mol. The zero-order chi connectivity index (χ0) is 16.9. The van der Waals surface area contributed by atoms with Gasteiger partial charge in [-0.15, -0.1) is 24.8 Å². The van der Waals surface area contributed by atoms with Crippen LogP contribution in [0.15, 0.2) is 54.6 Å². The number of carbonyl (C=O) groups is 1. The molecule has 0 aliphatic carbocycles. The van der Waals surface area contributed by atoms with Gasteiger partial charge in [0.2, 0.25) is 5.91 Å². The molecule has 3 rings (SSSR count). The molecule has 1 fully saturated rings. The molecule has 2 N–H and O–H groups in total. The molecule has 1 atom stereocenters. The first-order valence-corrected chi connectivity index (χ1v) is 8.61. The van der Waals surface area contributed by atoms with Gasteiger partial charge in [-0.3, -0.25) is 4.79 Å². The van der Waals surface area contributed by atoms with E-state index in [9.17, 15) is 4.79 Å². The molecule has 142 valence electrons.